The summed E-state index contributed by atoms with van der Waals surface area (Å²) in [6.45, 7) is 8.22. The molecule has 3 rings (SSSR count). The molecule has 0 aromatic heterocycles. The van der Waals surface area contributed by atoms with Crippen molar-refractivity contribution in [3.63, 3.8) is 0 Å². The van der Waals surface area contributed by atoms with Gasteiger partial charge in [0.15, 0.2) is 0 Å². The van der Waals surface area contributed by atoms with E-state index in [9.17, 15) is 0 Å². The highest BCUT2D eigenvalue weighted by Gasteiger charge is 2.39. The standard InChI is InChI=1S/C17H31NO/c1-17(2)8-7-13(11-18-15-5-6-15)16(10-17)14-4-3-9-19-12-14/h13-16,18H,3-12H2,1-2H3. The maximum absolute atomic E-state index is 5.77. The molecule has 3 unspecified atom stereocenters. The fourth-order valence-electron chi connectivity index (χ4n) is 4.21. The van der Waals surface area contributed by atoms with Gasteiger partial charge in [0, 0.05) is 19.3 Å². The topological polar surface area (TPSA) is 21.3 Å². The Morgan fingerprint density at radius 3 is 2.68 bits per heavy atom. The van der Waals surface area contributed by atoms with Crippen LogP contribution in [-0.4, -0.2) is 25.8 Å². The third-order valence-corrected chi connectivity index (χ3v) is 5.63. The number of rotatable bonds is 4. The summed E-state index contributed by atoms with van der Waals surface area (Å²) in [5.74, 6) is 2.63. The summed E-state index contributed by atoms with van der Waals surface area (Å²) >= 11 is 0. The number of nitrogens with one attached hydrogen (secondary N) is 1. The molecule has 1 saturated heterocycles. The van der Waals surface area contributed by atoms with E-state index in [-0.39, 0.29) is 0 Å². The van der Waals surface area contributed by atoms with Crippen molar-refractivity contribution in [1.82, 2.24) is 5.32 Å². The van der Waals surface area contributed by atoms with Gasteiger partial charge in [0.2, 0.25) is 0 Å². The Labute approximate surface area is 118 Å². The van der Waals surface area contributed by atoms with Gasteiger partial charge in [-0.2, -0.15) is 0 Å². The quantitative estimate of drug-likeness (QED) is 0.838. The molecule has 2 aliphatic carbocycles. The largest absolute Gasteiger partial charge is 0.381 e. The molecule has 2 nitrogen and oxygen atoms in total. The number of hydrogen-bond acceptors (Lipinski definition) is 2. The zero-order valence-electron chi connectivity index (χ0n) is 12.8. The Morgan fingerprint density at radius 1 is 1.16 bits per heavy atom. The van der Waals surface area contributed by atoms with Crippen LogP contribution in [0.25, 0.3) is 0 Å². The Bertz CT molecular complexity index is 290. The lowest BCUT2D eigenvalue weighted by molar-refractivity contribution is -0.0150. The molecule has 1 heterocycles. The van der Waals surface area contributed by atoms with Crippen LogP contribution in [0.5, 0.6) is 0 Å². The summed E-state index contributed by atoms with van der Waals surface area (Å²) in [6, 6.07) is 0.859. The monoisotopic (exact) mass is 265 g/mol. The maximum atomic E-state index is 5.77. The Balaban J connectivity index is 1.61. The molecule has 0 spiro atoms. The predicted octanol–water partition coefficient (Wildman–Crippen LogP) is 3.61. The fourth-order valence-corrected chi connectivity index (χ4v) is 4.21. The Hall–Kier alpha value is -0.0800. The molecule has 3 aliphatic rings. The van der Waals surface area contributed by atoms with E-state index in [4.69, 9.17) is 4.74 Å². The molecule has 2 heteroatoms. The summed E-state index contributed by atoms with van der Waals surface area (Å²) in [5, 5.41) is 3.78. The van der Waals surface area contributed by atoms with E-state index >= 15 is 0 Å². The molecule has 3 atom stereocenters. The lowest BCUT2D eigenvalue weighted by Crippen LogP contribution is -2.42. The summed E-state index contributed by atoms with van der Waals surface area (Å²) in [5.41, 5.74) is 0.554. The van der Waals surface area contributed by atoms with Crippen molar-refractivity contribution in [1.29, 1.82) is 0 Å². The SMILES string of the molecule is CC1(C)CCC(CNC2CC2)C(C2CCCOC2)C1. The second kappa shape index (κ2) is 5.73. The smallest absolute Gasteiger partial charge is 0.0497 e. The van der Waals surface area contributed by atoms with Gasteiger partial charge in [-0.15, -0.1) is 0 Å². The molecular weight excluding hydrogens is 234 g/mol. The first-order chi connectivity index (χ1) is 9.14. The molecule has 19 heavy (non-hydrogen) atoms. The van der Waals surface area contributed by atoms with Gasteiger partial charge in [0.1, 0.15) is 0 Å². The van der Waals surface area contributed by atoms with Crippen LogP contribution >= 0.6 is 0 Å². The van der Waals surface area contributed by atoms with Gasteiger partial charge in [-0.05, 0) is 74.7 Å². The van der Waals surface area contributed by atoms with Crippen LogP contribution in [0.2, 0.25) is 0 Å². The van der Waals surface area contributed by atoms with E-state index in [0.29, 0.717) is 5.41 Å². The zero-order chi connectivity index (χ0) is 13.3. The second-order valence-corrected chi connectivity index (χ2v) is 7.99. The van der Waals surface area contributed by atoms with Crippen LogP contribution in [0.15, 0.2) is 0 Å². The van der Waals surface area contributed by atoms with Gasteiger partial charge in [-0.3, -0.25) is 0 Å². The third-order valence-electron chi connectivity index (χ3n) is 5.63. The van der Waals surface area contributed by atoms with Gasteiger partial charge in [0.25, 0.3) is 0 Å². The number of hydrogen-bond donors (Lipinski definition) is 1. The summed E-state index contributed by atoms with van der Waals surface area (Å²) in [4.78, 5) is 0. The molecule has 1 N–H and O–H groups in total. The van der Waals surface area contributed by atoms with Crippen molar-refractivity contribution in [3.8, 4) is 0 Å². The lowest BCUT2D eigenvalue weighted by Gasteiger charge is -2.45. The highest BCUT2D eigenvalue weighted by molar-refractivity contribution is 4.91. The zero-order valence-corrected chi connectivity index (χ0v) is 12.8. The highest BCUT2D eigenvalue weighted by atomic mass is 16.5. The first kappa shape index (κ1) is 13.9. The van der Waals surface area contributed by atoms with Crippen molar-refractivity contribution < 1.29 is 4.74 Å². The van der Waals surface area contributed by atoms with E-state index < -0.39 is 0 Å². The molecule has 1 aliphatic heterocycles. The van der Waals surface area contributed by atoms with Gasteiger partial charge < -0.3 is 10.1 Å². The summed E-state index contributed by atoms with van der Waals surface area (Å²) in [6.07, 6.45) is 9.76. The van der Waals surface area contributed by atoms with Gasteiger partial charge in [-0.1, -0.05) is 13.8 Å². The predicted molar refractivity (Wildman–Crippen MR) is 79.2 cm³/mol. The van der Waals surface area contributed by atoms with Gasteiger partial charge in [-0.25, -0.2) is 0 Å². The molecule has 2 saturated carbocycles. The van der Waals surface area contributed by atoms with Crippen LogP contribution in [0.3, 0.4) is 0 Å². The summed E-state index contributed by atoms with van der Waals surface area (Å²) in [7, 11) is 0. The minimum Gasteiger partial charge on any atom is -0.381 e. The van der Waals surface area contributed by atoms with E-state index in [1.54, 1.807) is 0 Å². The van der Waals surface area contributed by atoms with E-state index in [1.807, 2.05) is 0 Å². The Morgan fingerprint density at radius 2 is 2.00 bits per heavy atom. The van der Waals surface area contributed by atoms with Crippen LogP contribution in [0, 0.1) is 23.2 Å². The summed E-state index contributed by atoms with van der Waals surface area (Å²) < 4.78 is 5.77. The Kier molecular flexibility index (Phi) is 4.19. The van der Waals surface area contributed by atoms with Crippen molar-refractivity contribution in [2.45, 2.75) is 64.8 Å². The fraction of sp³-hybridized carbons (Fsp3) is 1.00. The van der Waals surface area contributed by atoms with Crippen molar-refractivity contribution in [3.05, 3.63) is 0 Å². The van der Waals surface area contributed by atoms with Crippen LogP contribution in [0.1, 0.15) is 58.8 Å². The first-order valence-electron chi connectivity index (χ1n) is 8.45. The molecule has 3 fully saturated rings. The second-order valence-electron chi connectivity index (χ2n) is 7.99. The minimum absolute atomic E-state index is 0.554. The third kappa shape index (κ3) is 3.72. The van der Waals surface area contributed by atoms with Crippen LogP contribution < -0.4 is 5.32 Å². The lowest BCUT2D eigenvalue weighted by atomic mass is 9.62. The number of ether oxygens (including phenoxy) is 1. The van der Waals surface area contributed by atoms with E-state index in [1.165, 1.54) is 51.5 Å². The van der Waals surface area contributed by atoms with Crippen molar-refractivity contribution >= 4 is 0 Å². The van der Waals surface area contributed by atoms with Crippen LogP contribution in [-0.2, 0) is 4.74 Å². The van der Waals surface area contributed by atoms with E-state index in [0.717, 1.165) is 37.0 Å². The molecule has 0 amide bonds. The molecule has 0 aromatic carbocycles. The molecule has 110 valence electrons. The van der Waals surface area contributed by atoms with Crippen molar-refractivity contribution in [2.75, 3.05) is 19.8 Å². The molecule has 0 radical (unpaired) electrons. The first-order valence-corrected chi connectivity index (χ1v) is 8.45. The van der Waals surface area contributed by atoms with Crippen LogP contribution in [0.4, 0.5) is 0 Å². The maximum Gasteiger partial charge on any atom is 0.0497 e. The normalized spacial score (nSPS) is 39.2. The molecule has 0 aromatic rings. The van der Waals surface area contributed by atoms with Gasteiger partial charge in [0.05, 0.1) is 0 Å². The highest BCUT2D eigenvalue weighted by Crippen LogP contribution is 2.46. The minimum atomic E-state index is 0.554. The van der Waals surface area contributed by atoms with Crippen molar-refractivity contribution in [2.24, 2.45) is 23.2 Å². The molecular formula is C17H31NO. The average Bonchev–Trinajstić information content (AvgIpc) is 3.22. The molecule has 0 bridgehead atoms. The van der Waals surface area contributed by atoms with E-state index in [2.05, 4.69) is 19.2 Å². The van der Waals surface area contributed by atoms with Gasteiger partial charge >= 0.3 is 0 Å². The average molecular weight is 265 g/mol.